The topological polar surface area (TPSA) is 76.8 Å². The average molecular weight is 543 g/mol. The van der Waals surface area contributed by atoms with E-state index in [-0.39, 0.29) is 11.4 Å². The van der Waals surface area contributed by atoms with Crippen LogP contribution in [0, 0.1) is 0 Å². The lowest BCUT2D eigenvalue weighted by Crippen LogP contribution is -2.36. The third-order valence-corrected chi connectivity index (χ3v) is 9.52. The van der Waals surface area contributed by atoms with Crippen LogP contribution in [0.5, 0.6) is 0 Å². The first-order chi connectivity index (χ1) is 18.5. The summed E-state index contributed by atoms with van der Waals surface area (Å²) in [5.74, 6) is 0. The number of benzene rings is 3. The summed E-state index contributed by atoms with van der Waals surface area (Å²) in [7, 11) is -2.22. The van der Waals surface area contributed by atoms with Gasteiger partial charge in [-0.2, -0.15) is 4.31 Å². The van der Waals surface area contributed by atoms with Gasteiger partial charge in [0.2, 0.25) is 10.0 Å². The zero-order valence-electron chi connectivity index (χ0n) is 20.8. The van der Waals surface area contributed by atoms with Crippen LogP contribution < -0.4 is 0 Å². The Labute approximate surface area is 225 Å². The molecular formula is C29H26N4O3S2. The van der Waals surface area contributed by atoms with E-state index in [1.165, 1.54) is 15.1 Å². The van der Waals surface area contributed by atoms with Crippen molar-refractivity contribution in [3.63, 3.8) is 0 Å². The second-order valence-electron chi connectivity index (χ2n) is 9.05. The van der Waals surface area contributed by atoms with Gasteiger partial charge in [-0.1, -0.05) is 54.6 Å². The molecule has 3 heterocycles. The molecule has 0 aliphatic rings. The SMILES string of the molecule is COCCN(CCc1csc2nc(-c3ccc4ccccc4c3)cn12)S(=O)(=O)c1cccc2cccnc12. The first-order valence-electron chi connectivity index (χ1n) is 12.3. The van der Waals surface area contributed by atoms with Gasteiger partial charge in [0.05, 0.1) is 17.8 Å². The van der Waals surface area contributed by atoms with Crippen LogP contribution in [0.15, 0.2) is 95.5 Å². The highest BCUT2D eigenvalue weighted by atomic mass is 32.2. The van der Waals surface area contributed by atoms with Gasteiger partial charge in [-0.25, -0.2) is 13.4 Å². The van der Waals surface area contributed by atoms with Crippen LogP contribution in [0.4, 0.5) is 0 Å². The van der Waals surface area contributed by atoms with Gasteiger partial charge in [0, 0.05) is 61.0 Å². The molecule has 0 N–H and O–H groups in total. The summed E-state index contributed by atoms with van der Waals surface area (Å²) < 4.78 is 36.4. The van der Waals surface area contributed by atoms with Crippen LogP contribution in [0.25, 0.3) is 37.9 Å². The maximum atomic E-state index is 13.8. The van der Waals surface area contributed by atoms with Gasteiger partial charge in [0.1, 0.15) is 4.90 Å². The quantitative estimate of drug-likeness (QED) is 0.236. The molecule has 0 atom stereocenters. The number of hydrogen-bond acceptors (Lipinski definition) is 6. The molecule has 0 unspecified atom stereocenters. The van der Waals surface area contributed by atoms with Crippen LogP contribution in [0.3, 0.4) is 0 Å². The second kappa shape index (κ2) is 10.3. The van der Waals surface area contributed by atoms with E-state index in [0.717, 1.165) is 27.3 Å². The van der Waals surface area contributed by atoms with E-state index < -0.39 is 10.0 Å². The molecule has 6 aromatic rings. The van der Waals surface area contributed by atoms with E-state index >= 15 is 0 Å². The zero-order valence-corrected chi connectivity index (χ0v) is 22.5. The van der Waals surface area contributed by atoms with E-state index in [1.54, 1.807) is 42.8 Å². The molecule has 9 heteroatoms. The third kappa shape index (κ3) is 4.58. The van der Waals surface area contributed by atoms with Crippen LogP contribution in [0.2, 0.25) is 0 Å². The van der Waals surface area contributed by atoms with Gasteiger partial charge in [0.25, 0.3) is 0 Å². The smallest absolute Gasteiger partial charge is 0.245 e. The number of rotatable bonds is 9. The van der Waals surface area contributed by atoms with Crippen molar-refractivity contribution in [2.24, 2.45) is 0 Å². The van der Waals surface area contributed by atoms with E-state index in [9.17, 15) is 8.42 Å². The normalized spacial score (nSPS) is 12.3. The van der Waals surface area contributed by atoms with Gasteiger partial charge in [-0.05, 0) is 29.0 Å². The summed E-state index contributed by atoms with van der Waals surface area (Å²) in [6.45, 7) is 0.861. The predicted molar refractivity (Wildman–Crippen MR) is 152 cm³/mol. The number of methoxy groups -OCH3 is 1. The largest absolute Gasteiger partial charge is 0.383 e. The molecule has 6 rings (SSSR count). The van der Waals surface area contributed by atoms with Crippen molar-refractivity contribution >= 4 is 48.0 Å². The molecule has 0 aliphatic heterocycles. The lowest BCUT2D eigenvalue weighted by atomic mass is 10.1. The van der Waals surface area contributed by atoms with Crippen molar-refractivity contribution in [2.45, 2.75) is 11.3 Å². The standard InChI is InChI=1S/C29H26N4O3S2/c1-36-17-16-32(38(34,35)27-10-4-8-22-9-5-14-30-28(22)27)15-13-25-20-37-29-31-26(19-33(25)29)24-12-11-21-6-2-3-7-23(21)18-24/h2-12,14,18-20H,13,15-17H2,1H3. The number of pyridine rings is 1. The van der Waals surface area contributed by atoms with E-state index in [2.05, 4.69) is 39.7 Å². The Kier molecular flexibility index (Phi) is 6.67. The second-order valence-corrected chi connectivity index (χ2v) is 11.8. The van der Waals surface area contributed by atoms with Crippen molar-refractivity contribution in [3.05, 3.63) is 96.3 Å². The molecule has 0 fully saturated rings. The Morgan fingerprint density at radius 2 is 1.76 bits per heavy atom. The fraction of sp³-hybridized carbons (Fsp3) is 0.172. The van der Waals surface area contributed by atoms with Crippen molar-refractivity contribution in [3.8, 4) is 11.3 Å². The molecule has 0 radical (unpaired) electrons. The fourth-order valence-electron chi connectivity index (χ4n) is 4.70. The highest BCUT2D eigenvalue weighted by Gasteiger charge is 2.27. The molecule has 0 aliphatic carbocycles. The molecule has 7 nitrogen and oxygen atoms in total. The van der Waals surface area contributed by atoms with E-state index in [1.807, 2.05) is 35.8 Å². The monoisotopic (exact) mass is 542 g/mol. The van der Waals surface area contributed by atoms with Gasteiger partial charge < -0.3 is 4.74 Å². The zero-order chi connectivity index (χ0) is 26.1. The lowest BCUT2D eigenvalue weighted by molar-refractivity contribution is 0.179. The first-order valence-corrected chi connectivity index (χ1v) is 14.6. The third-order valence-electron chi connectivity index (χ3n) is 6.70. The van der Waals surface area contributed by atoms with Crippen LogP contribution in [-0.4, -0.2) is 53.9 Å². The van der Waals surface area contributed by atoms with E-state index in [4.69, 9.17) is 9.72 Å². The molecule has 0 spiro atoms. The van der Waals surface area contributed by atoms with Crippen LogP contribution >= 0.6 is 11.3 Å². The number of aromatic nitrogens is 3. The lowest BCUT2D eigenvalue weighted by Gasteiger charge is -2.22. The number of para-hydroxylation sites is 1. The highest BCUT2D eigenvalue weighted by Crippen LogP contribution is 2.28. The molecule has 192 valence electrons. The van der Waals surface area contributed by atoms with Crippen molar-refractivity contribution in [1.82, 2.24) is 18.7 Å². The summed E-state index contributed by atoms with van der Waals surface area (Å²) in [4.78, 5) is 10.3. The van der Waals surface area contributed by atoms with Gasteiger partial charge in [-0.3, -0.25) is 9.38 Å². The molecule has 38 heavy (non-hydrogen) atoms. The fourth-order valence-corrected chi connectivity index (χ4v) is 7.20. The van der Waals surface area contributed by atoms with Crippen LogP contribution in [0.1, 0.15) is 5.69 Å². The van der Waals surface area contributed by atoms with Crippen molar-refractivity contribution < 1.29 is 13.2 Å². The Bertz CT molecular complexity index is 1860. The van der Waals surface area contributed by atoms with Gasteiger partial charge in [0.15, 0.2) is 4.96 Å². The minimum Gasteiger partial charge on any atom is -0.383 e. The number of fused-ring (bicyclic) bond motifs is 3. The van der Waals surface area contributed by atoms with Crippen molar-refractivity contribution in [1.29, 1.82) is 0 Å². The van der Waals surface area contributed by atoms with Crippen LogP contribution in [-0.2, 0) is 21.2 Å². The summed E-state index contributed by atoms with van der Waals surface area (Å²) in [5.41, 5.74) is 3.44. The molecule has 0 bridgehead atoms. The summed E-state index contributed by atoms with van der Waals surface area (Å²) in [5, 5.41) is 5.20. The summed E-state index contributed by atoms with van der Waals surface area (Å²) in [6.07, 6.45) is 4.19. The van der Waals surface area contributed by atoms with Gasteiger partial charge >= 0.3 is 0 Å². The Hall–Kier alpha value is -3.63. The predicted octanol–water partition coefficient (Wildman–Crippen LogP) is 5.64. The molecule has 0 saturated carbocycles. The molecular weight excluding hydrogens is 516 g/mol. The minimum absolute atomic E-state index is 0.211. The molecule has 0 saturated heterocycles. The number of sulfonamides is 1. The maximum Gasteiger partial charge on any atom is 0.245 e. The molecule has 0 amide bonds. The summed E-state index contributed by atoms with van der Waals surface area (Å²) >= 11 is 1.56. The Morgan fingerprint density at radius 1 is 0.947 bits per heavy atom. The van der Waals surface area contributed by atoms with Crippen molar-refractivity contribution in [2.75, 3.05) is 26.8 Å². The Balaban J connectivity index is 1.29. The number of ether oxygens (including phenoxy) is 1. The molecule has 3 aromatic carbocycles. The minimum atomic E-state index is -3.80. The maximum absolute atomic E-state index is 13.8. The van der Waals surface area contributed by atoms with Gasteiger partial charge in [-0.15, -0.1) is 11.3 Å². The average Bonchev–Trinajstić information content (AvgIpc) is 3.54. The highest BCUT2D eigenvalue weighted by molar-refractivity contribution is 7.89. The molecule has 3 aromatic heterocycles. The first kappa shape index (κ1) is 24.7. The number of thiazole rings is 1. The number of hydrogen-bond donors (Lipinski definition) is 0. The Morgan fingerprint density at radius 3 is 2.63 bits per heavy atom. The number of nitrogens with zero attached hydrogens (tertiary/aromatic N) is 4. The number of imidazole rings is 1. The van der Waals surface area contributed by atoms with E-state index in [0.29, 0.717) is 25.1 Å². The summed E-state index contributed by atoms with van der Waals surface area (Å²) in [6, 6.07) is 23.5.